The van der Waals surface area contributed by atoms with Crippen molar-refractivity contribution in [3.63, 3.8) is 0 Å². The summed E-state index contributed by atoms with van der Waals surface area (Å²) in [5, 5.41) is 5.29. The van der Waals surface area contributed by atoms with E-state index in [2.05, 4.69) is 10.6 Å². The Morgan fingerprint density at radius 2 is 1.77 bits per heavy atom. The highest BCUT2D eigenvalue weighted by Crippen LogP contribution is 2.15. The Kier molecular flexibility index (Phi) is 7.50. The standard InChI is InChI=1S/C17H17ClN2O6/c18-12-3-5-13(6-4-12)24-8-9-26-16(22)11-19-15(21)10-20-17(23)14-2-1-7-25-14/h1-7H,8-11H2,(H,19,21)(H,20,23). The van der Waals surface area contributed by atoms with Crippen molar-refractivity contribution in [3.8, 4) is 5.75 Å². The SMILES string of the molecule is O=C(CNC(=O)c1ccco1)NCC(=O)OCCOc1ccc(Cl)cc1. The van der Waals surface area contributed by atoms with Crippen LogP contribution >= 0.6 is 11.6 Å². The van der Waals surface area contributed by atoms with Crippen molar-refractivity contribution in [2.24, 2.45) is 0 Å². The summed E-state index contributed by atoms with van der Waals surface area (Å²) in [6.45, 7) is -0.393. The Morgan fingerprint density at radius 1 is 1.00 bits per heavy atom. The molecule has 2 N–H and O–H groups in total. The Bertz CT molecular complexity index is 730. The lowest BCUT2D eigenvalue weighted by atomic mass is 10.3. The lowest BCUT2D eigenvalue weighted by molar-refractivity contribution is -0.144. The van der Waals surface area contributed by atoms with E-state index < -0.39 is 17.8 Å². The van der Waals surface area contributed by atoms with Gasteiger partial charge in [0.1, 0.15) is 25.5 Å². The summed E-state index contributed by atoms with van der Waals surface area (Å²) in [5.41, 5.74) is 0. The van der Waals surface area contributed by atoms with Crippen LogP contribution in [0.5, 0.6) is 5.75 Å². The van der Waals surface area contributed by atoms with Crippen LogP contribution in [-0.4, -0.2) is 44.1 Å². The van der Waals surface area contributed by atoms with Crippen LogP contribution in [0.1, 0.15) is 10.6 Å². The van der Waals surface area contributed by atoms with Crippen LogP contribution in [0, 0.1) is 0 Å². The van der Waals surface area contributed by atoms with Crippen LogP contribution in [0.2, 0.25) is 5.02 Å². The third-order valence-corrected chi connectivity index (χ3v) is 3.27. The molecular formula is C17H17ClN2O6. The summed E-state index contributed by atoms with van der Waals surface area (Å²) in [6, 6.07) is 9.79. The van der Waals surface area contributed by atoms with Gasteiger partial charge in [-0.1, -0.05) is 11.6 Å². The van der Waals surface area contributed by atoms with Crippen molar-refractivity contribution in [2.75, 3.05) is 26.3 Å². The maximum absolute atomic E-state index is 11.6. The lowest BCUT2D eigenvalue weighted by Gasteiger charge is -2.08. The van der Waals surface area contributed by atoms with Crippen molar-refractivity contribution >= 4 is 29.4 Å². The van der Waals surface area contributed by atoms with Crippen molar-refractivity contribution in [1.82, 2.24) is 10.6 Å². The molecule has 1 heterocycles. The Morgan fingerprint density at radius 3 is 2.46 bits per heavy atom. The molecule has 0 aliphatic heterocycles. The summed E-state index contributed by atoms with van der Waals surface area (Å²) in [7, 11) is 0. The zero-order valence-electron chi connectivity index (χ0n) is 13.7. The molecule has 0 aliphatic rings. The molecule has 26 heavy (non-hydrogen) atoms. The number of benzene rings is 1. The average molecular weight is 381 g/mol. The zero-order valence-corrected chi connectivity index (χ0v) is 14.5. The predicted molar refractivity (Wildman–Crippen MR) is 92.0 cm³/mol. The molecule has 9 heteroatoms. The van der Waals surface area contributed by atoms with Crippen LogP contribution in [0.25, 0.3) is 0 Å². The Labute approximate surface area is 154 Å². The van der Waals surface area contributed by atoms with Gasteiger partial charge in [0.15, 0.2) is 5.76 Å². The van der Waals surface area contributed by atoms with Crippen LogP contribution < -0.4 is 15.4 Å². The summed E-state index contributed by atoms with van der Waals surface area (Å²) in [5.74, 6) is -0.967. The molecule has 138 valence electrons. The van der Waals surface area contributed by atoms with Crippen molar-refractivity contribution in [2.45, 2.75) is 0 Å². The molecule has 0 saturated carbocycles. The summed E-state index contributed by atoms with van der Waals surface area (Å²) in [6.07, 6.45) is 1.35. The zero-order chi connectivity index (χ0) is 18.8. The quantitative estimate of drug-likeness (QED) is 0.503. The number of nitrogens with one attached hydrogen (secondary N) is 2. The van der Waals surface area contributed by atoms with Gasteiger partial charge in [0.05, 0.1) is 12.8 Å². The average Bonchev–Trinajstić information content (AvgIpc) is 3.18. The van der Waals surface area contributed by atoms with Crippen LogP contribution in [0.4, 0.5) is 0 Å². The summed E-state index contributed by atoms with van der Waals surface area (Å²) in [4.78, 5) is 34.6. The largest absolute Gasteiger partial charge is 0.490 e. The molecule has 2 rings (SSSR count). The third kappa shape index (κ3) is 6.86. The maximum atomic E-state index is 11.6. The van der Waals surface area contributed by atoms with Gasteiger partial charge in [0, 0.05) is 5.02 Å². The van der Waals surface area contributed by atoms with Gasteiger partial charge in [-0.15, -0.1) is 0 Å². The van der Waals surface area contributed by atoms with Crippen molar-refractivity contribution < 1.29 is 28.3 Å². The van der Waals surface area contributed by atoms with Gasteiger partial charge < -0.3 is 24.5 Å². The molecule has 8 nitrogen and oxygen atoms in total. The van der Waals surface area contributed by atoms with E-state index in [1.807, 2.05) is 0 Å². The van der Waals surface area contributed by atoms with E-state index >= 15 is 0 Å². The topological polar surface area (TPSA) is 107 Å². The number of hydrogen-bond acceptors (Lipinski definition) is 6. The first-order valence-corrected chi connectivity index (χ1v) is 8.05. The van der Waals surface area contributed by atoms with E-state index in [0.29, 0.717) is 10.8 Å². The van der Waals surface area contributed by atoms with E-state index in [1.165, 1.54) is 12.3 Å². The Balaban J connectivity index is 1.54. The van der Waals surface area contributed by atoms with Gasteiger partial charge >= 0.3 is 5.97 Å². The Hall–Kier alpha value is -3.00. The fourth-order valence-corrected chi connectivity index (χ4v) is 1.91. The third-order valence-electron chi connectivity index (χ3n) is 3.01. The summed E-state index contributed by atoms with van der Waals surface area (Å²) < 4.78 is 15.2. The highest BCUT2D eigenvalue weighted by Gasteiger charge is 2.11. The van der Waals surface area contributed by atoms with Gasteiger partial charge in [0.2, 0.25) is 5.91 Å². The molecule has 0 unspecified atom stereocenters. The molecule has 0 fully saturated rings. The number of halogens is 1. The number of furan rings is 1. The molecule has 0 saturated heterocycles. The fourth-order valence-electron chi connectivity index (χ4n) is 1.79. The van der Waals surface area contributed by atoms with Gasteiger partial charge in [-0.3, -0.25) is 14.4 Å². The molecular weight excluding hydrogens is 364 g/mol. The summed E-state index contributed by atoms with van der Waals surface area (Å²) >= 11 is 5.75. The minimum atomic E-state index is -0.615. The fraction of sp³-hybridized carbons (Fsp3) is 0.235. The van der Waals surface area contributed by atoms with E-state index in [1.54, 1.807) is 30.3 Å². The molecule has 2 amide bonds. The monoisotopic (exact) mass is 380 g/mol. The molecule has 0 radical (unpaired) electrons. The van der Waals surface area contributed by atoms with Crippen molar-refractivity contribution in [3.05, 3.63) is 53.4 Å². The number of rotatable bonds is 9. The van der Waals surface area contributed by atoms with Gasteiger partial charge in [-0.2, -0.15) is 0 Å². The first-order chi connectivity index (χ1) is 12.5. The van der Waals surface area contributed by atoms with Gasteiger partial charge in [0.25, 0.3) is 5.91 Å². The van der Waals surface area contributed by atoms with Crippen LogP contribution in [-0.2, 0) is 14.3 Å². The second kappa shape index (κ2) is 10.1. The van der Waals surface area contributed by atoms with E-state index in [0.717, 1.165) is 0 Å². The minimum absolute atomic E-state index is 0.0343. The predicted octanol–water partition coefficient (Wildman–Crippen LogP) is 1.40. The number of ether oxygens (including phenoxy) is 2. The molecule has 0 bridgehead atoms. The van der Waals surface area contributed by atoms with E-state index in [4.69, 9.17) is 25.5 Å². The molecule has 1 aromatic heterocycles. The van der Waals surface area contributed by atoms with Crippen LogP contribution in [0.3, 0.4) is 0 Å². The smallest absolute Gasteiger partial charge is 0.325 e. The normalized spacial score (nSPS) is 10.0. The highest BCUT2D eigenvalue weighted by atomic mass is 35.5. The van der Waals surface area contributed by atoms with Crippen LogP contribution in [0.15, 0.2) is 47.1 Å². The molecule has 2 aromatic rings. The first-order valence-electron chi connectivity index (χ1n) is 7.67. The maximum Gasteiger partial charge on any atom is 0.325 e. The number of esters is 1. The minimum Gasteiger partial charge on any atom is -0.490 e. The number of amides is 2. The molecule has 0 aliphatic carbocycles. The molecule has 0 atom stereocenters. The second-order valence-corrected chi connectivity index (χ2v) is 5.40. The van der Waals surface area contributed by atoms with Crippen molar-refractivity contribution in [1.29, 1.82) is 0 Å². The van der Waals surface area contributed by atoms with Gasteiger partial charge in [-0.25, -0.2) is 0 Å². The van der Waals surface area contributed by atoms with E-state index in [9.17, 15) is 14.4 Å². The number of hydrogen-bond donors (Lipinski definition) is 2. The highest BCUT2D eigenvalue weighted by molar-refractivity contribution is 6.30. The molecule has 0 spiro atoms. The lowest BCUT2D eigenvalue weighted by Crippen LogP contribution is -2.39. The first kappa shape index (κ1) is 19.3. The molecule has 1 aromatic carbocycles. The number of carbonyl (C=O) groups excluding carboxylic acids is 3. The second-order valence-electron chi connectivity index (χ2n) is 4.96. The van der Waals surface area contributed by atoms with Gasteiger partial charge in [-0.05, 0) is 36.4 Å². The number of carbonyl (C=O) groups is 3. The van der Waals surface area contributed by atoms with E-state index in [-0.39, 0.29) is 32.1 Å².